The van der Waals surface area contributed by atoms with E-state index >= 15 is 0 Å². The van der Waals surface area contributed by atoms with E-state index in [-0.39, 0.29) is 6.61 Å². The standard InChI is InChI=1S/C26H25BrO2/c27-25-15-12-22-17-23(29-18-20-5-2-1-3-6-20)13-14-24(22)26(25)21-10-8-19(9-11-21)7-4-16-28/h1-3,5-6,8-11,13-14,17,28H,4,7,12,15-16,18H2. The second-order valence-electron chi connectivity index (χ2n) is 7.40. The van der Waals surface area contributed by atoms with E-state index in [0.29, 0.717) is 6.61 Å². The Balaban J connectivity index is 1.55. The summed E-state index contributed by atoms with van der Waals surface area (Å²) in [6, 6.07) is 25.4. The maximum absolute atomic E-state index is 9.03. The summed E-state index contributed by atoms with van der Waals surface area (Å²) in [5, 5.41) is 9.03. The molecule has 0 fully saturated rings. The second kappa shape index (κ2) is 9.43. The number of allylic oxidation sites excluding steroid dienone is 1. The largest absolute Gasteiger partial charge is 0.489 e. The number of fused-ring (bicyclic) bond motifs is 1. The van der Waals surface area contributed by atoms with Crippen molar-refractivity contribution in [3.8, 4) is 5.75 Å². The fourth-order valence-corrected chi connectivity index (χ4v) is 4.44. The second-order valence-corrected chi connectivity index (χ2v) is 8.35. The van der Waals surface area contributed by atoms with Gasteiger partial charge in [0.2, 0.25) is 0 Å². The maximum Gasteiger partial charge on any atom is 0.120 e. The molecule has 0 saturated carbocycles. The number of aliphatic hydroxyl groups is 1. The van der Waals surface area contributed by atoms with Crippen molar-refractivity contribution in [1.29, 1.82) is 0 Å². The van der Waals surface area contributed by atoms with Gasteiger partial charge in [0.1, 0.15) is 12.4 Å². The molecule has 29 heavy (non-hydrogen) atoms. The molecule has 0 amide bonds. The quantitative estimate of drug-likeness (QED) is 0.459. The van der Waals surface area contributed by atoms with Crippen LogP contribution < -0.4 is 4.74 Å². The van der Waals surface area contributed by atoms with Crippen LogP contribution in [0.1, 0.15) is 40.7 Å². The van der Waals surface area contributed by atoms with Crippen molar-refractivity contribution >= 4 is 21.5 Å². The SMILES string of the molecule is OCCCc1ccc(C2=C(Br)CCc3cc(OCc4ccccc4)ccc32)cc1. The van der Waals surface area contributed by atoms with E-state index in [9.17, 15) is 0 Å². The third-order valence-corrected chi connectivity index (χ3v) is 6.14. The summed E-state index contributed by atoms with van der Waals surface area (Å²) in [4.78, 5) is 0. The van der Waals surface area contributed by atoms with Gasteiger partial charge in [-0.2, -0.15) is 0 Å². The van der Waals surface area contributed by atoms with Gasteiger partial charge >= 0.3 is 0 Å². The van der Waals surface area contributed by atoms with Gasteiger partial charge in [-0.05, 0) is 71.2 Å². The molecule has 0 saturated heterocycles. The monoisotopic (exact) mass is 448 g/mol. The number of rotatable bonds is 7. The number of ether oxygens (including phenoxy) is 1. The van der Waals surface area contributed by atoms with E-state index in [2.05, 4.69) is 70.5 Å². The number of aryl methyl sites for hydroxylation is 2. The van der Waals surface area contributed by atoms with Gasteiger partial charge in [-0.15, -0.1) is 0 Å². The van der Waals surface area contributed by atoms with E-state index in [1.807, 2.05) is 18.2 Å². The summed E-state index contributed by atoms with van der Waals surface area (Å²) in [6.45, 7) is 0.821. The molecule has 3 aromatic carbocycles. The number of aliphatic hydroxyl groups excluding tert-OH is 1. The van der Waals surface area contributed by atoms with Crippen LogP contribution >= 0.6 is 15.9 Å². The molecule has 2 nitrogen and oxygen atoms in total. The zero-order chi connectivity index (χ0) is 20.1. The first kappa shape index (κ1) is 19.9. The molecule has 0 atom stereocenters. The van der Waals surface area contributed by atoms with Crippen LogP contribution in [-0.2, 0) is 19.4 Å². The highest BCUT2D eigenvalue weighted by Crippen LogP contribution is 2.40. The Morgan fingerprint density at radius 1 is 0.862 bits per heavy atom. The molecule has 0 aromatic heterocycles. The fourth-order valence-electron chi connectivity index (χ4n) is 3.80. The highest BCUT2D eigenvalue weighted by molar-refractivity contribution is 9.11. The Morgan fingerprint density at radius 2 is 1.66 bits per heavy atom. The van der Waals surface area contributed by atoms with Crippen molar-refractivity contribution in [1.82, 2.24) is 0 Å². The van der Waals surface area contributed by atoms with Crippen LogP contribution in [0.4, 0.5) is 0 Å². The Labute approximate surface area is 181 Å². The van der Waals surface area contributed by atoms with Gasteiger partial charge in [-0.25, -0.2) is 0 Å². The average molecular weight is 449 g/mol. The lowest BCUT2D eigenvalue weighted by Gasteiger charge is -2.22. The molecular weight excluding hydrogens is 424 g/mol. The summed E-state index contributed by atoms with van der Waals surface area (Å²) in [5.74, 6) is 0.921. The van der Waals surface area contributed by atoms with Crippen molar-refractivity contribution in [2.75, 3.05) is 6.61 Å². The minimum Gasteiger partial charge on any atom is -0.489 e. The summed E-state index contributed by atoms with van der Waals surface area (Å²) in [7, 11) is 0. The third-order valence-electron chi connectivity index (χ3n) is 5.35. The molecule has 0 unspecified atom stereocenters. The molecule has 1 N–H and O–H groups in total. The van der Waals surface area contributed by atoms with Crippen LogP contribution in [0.25, 0.3) is 5.57 Å². The zero-order valence-electron chi connectivity index (χ0n) is 16.4. The molecule has 4 rings (SSSR count). The third kappa shape index (κ3) is 4.80. The van der Waals surface area contributed by atoms with Crippen LogP contribution in [0.15, 0.2) is 77.3 Å². The Kier molecular flexibility index (Phi) is 6.48. The van der Waals surface area contributed by atoms with Crippen LogP contribution in [0.2, 0.25) is 0 Å². The van der Waals surface area contributed by atoms with E-state index in [0.717, 1.165) is 31.4 Å². The lowest BCUT2D eigenvalue weighted by molar-refractivity contribution is 0.288. The first-order valence-corrected chi connectivity index (χ1v) is 10.9. The summed E-state index contributed by atoms with van der Waals surface area (Å²) in [5.41, 5.74) is 7.55. The van der Waals surface area contributed by atoms with Crippen molar-refractivity contribution in [3.05, 3.63) is 105 Å². The predicted molar refractivity (Wildman–Crippen MR) is 122 cm³/mol. The molecule has 0 aliphatic heterocycles. The van der Waals surface area contributed by atoms with Gasteiger partial charge in [0.05, 0.1) is 0 Å². The number of halogens is 1. The molecule has 1 aliphatic carbocycles. The summed E-state index contributed by atoms with van der Waals surface area (Å²) >= 11 is 3.82. The number of benzene rings is 3. The molecule has 0 heterocycles. The Morgan fingerprint density at radius 3 is 2.41 bits per heavy atom. The van der Waals surface area contributed by atoms with Crippen LogP contribution in [0.3, 0.4) is 0 Å². The van der Waals surface area contributed by atoms with Crippen LogP contribution in [-0.4, -0.2) is 11.7 Å². The first-order valence-electron chi connectivity index (χ1n) is 10.1. The Bertz CT molecular complexity index is 991. The minimum absolute atomic E-state index is 0.237. The van der Waals surface area contributed by atoms with E-state index in [1.165, 1.54) is 37.9 Å². The molecular formula is C26H25BrO2. The maximum atomic E-state index is 9.03. The number of hydrogen-bond acceptors (Lipinski definition) is 2. The topological polar surface area (TPSA) is 29.5 Å². The van der Waals surface area contributed by atoms with Crippen molar-refractivity contribution in [2.45, 2.75) is 32.3 Å². The first-order chi connectivity index (χ1) is 14.2. The molecule has 148 valence electrons. The lowest BCUT2D eigenvalue weighted by atomic mass is 9.86. The molecule has 0 bridgehead atoms. The van der Waals surface area contributed by atoms with Gasteiger partial charge in [0, 0.05) is 11.1 Å². The smallest absolute Gasteiger partial charge is 0.120 e. The molecule has 3 heteroatoms. The van der Waals surface area contributed by atoms with Gasteiger partial charge in [-0.1, -0.05) is 76.6 Å². The fraction of sp³-hybridized carbons (Fsp3) is 0.231. The Hall–Kier alpha value is -2.36. The summed E-state index contributed by atoms with van der Waals surface area (Å²) < 4.78 is 7.29. The number of hydrogen-bond donors (Lipinski definition) is 1. The van der Waals surface area contributed by atoms with E-state index in [4.69, 9.17) is 9.84 Å². The lowest BCUT2D eigenvalue weighted by Crippen LogP contribution is -2.05. The van der Waals surface area contributed by atoms with Gasteiger partial charge in [0.25, 0.3) is 0 Å². The van der Waals surface area contributed by atoms with Gasteiger partial charge < -0.3 is 9.84 Å². The molecule has 3 aromatic rings. The van der Waals surface area contributed by atoms with E-state index in [1.54, 1.807) is 0 Å². The average Bonchev–Trinajstić information content (AvgIpc) is 2.77. The van der Waals surface area contributed by atoms with Crippen LogP contribution in [0.5, 0.6) is 5.75 Å². The molecule has 1 aliphatic rings. The van der Waals surface area contributed by atoms with Crippen molar-refractivity contribution in [3.63, 3.8) is 0 Å². The minimum atomic E-state index is 0.237. The van der Waals surface area contributed by atoms with Crippen molar-refractivity contribution < 1.29 is 9.84 Å². The normalized spacial score (nSPS) is 13.3. The van der Waals surface area contributed by atoms with Gasteiger partial charge in [0.15, 0.2) is 0 Å². The predicted octanol–water partition coefficient (Wildman–Crippen LogP) is 6.29. The molecule has 0 spiro atoms. The highest BCUT2D eigenvalue weighted by atomic mass is 79.9. The zero-order valence-corrected chi connectivity index (χ0v) is 18.0. The molecule has 0 radical (unpaired) electrons. The summed E-state index contributed by atoms with van der Waals surface area (Å²) in [6.07, 6.45) is 3.73. The van der Waals surface area contributed by atoms with Crippen molar-refractivity contribution in [2.24, 2.45) is 0 Å². The van der Waals surface area contributed by atoms with Gasteiger partial charge in [-0.3, -0.25) is 0 Å². The van der Waals surface area contributed by atoms with Crippen LogP contribution in [0, 0.1) is 0 Å². The highest BCUT2D eigenvalue weighted by Gasteiger charge is 2.19. The van der Waals surface area contributed by atoms with E-state index < -0.39 is 0 Å².